The molecule has 1 aromatic carbocycles. The molecule has 0 aliphatic carbocycles. The summed E-state index contributed by atoms with van der Waals surface area (Å²) in [5, 5.41) is 15.3. The number of hydrogen-bond donors (Lipinski definition) is 2. The van der Waals surface area contributed by atoms with Crippen LogP contribution in [0.15, 0.2) is 30.3 Å². The molecule has 0 aliphatic heterocycles. The second-order valence-electron chi connectivity index (χ2n) is 5.37. The van der Waals surface area contributed by atoms with Crippen LogP contribution in [0.5, 0.6) is 0 Å². The smallest absolute Gasteiger partial charge is 0.104 e. The number of benzene rings is 1. The molecule has 0 aliphatic rings. The van der Waals surface area contributed by atoms with Crippen molar-refractivity contribution in [1.29, 1.82) is 0 Å². The molecular weight excluding hydrogens is 250 g/mol. The molecule has 0 bridgehead atoms. The Hall–Kier alpha value is -1.65. The first kappa shape index (κ1) is 14.8. The van der Waals surface area contributed by atoms with Crippen molar-refractivity contribution in [3.05, 3.63) is 52.8 Å². The minimum Gasteiger partial charge on any atom is -0.384 e. The van der Waals surface area contributed by atoms with Gasteiger partial charge in [-0.3, -0.25) is 4.68 Å². The van der Waals surface area contributed by atoms with Crippen LogP contribution >= 0.6 is 0 Å². The van der Waals surface area contributed by atoms with E-state index in [1.165, 1.54) is 5.56 Å². The molecule has 4 nitrogen and oxygen atoms in total. The Bertz CT molecular complexity index is 577. The molecule has 0 saturated heterocycles. The summed E-state index contributed by atoms with van der Waals surface area (Å²) in [6, 6.07) is 9.61. The molecule has 1 atom stereocenters. The van der Waals surface area contributed by atoms with Gasteiger partial charge in [0.1, 0.15) is 5.60 Å². The summed E-state index contributed by atoms with van der Waals surface area (Å²) in [6.07, 6.45) is 0.551. The molecule has 0 amide bonds. The van der Waals surface area contributed by atoms with Crippen LogP contribution in [-0.2, 0) is 12.1 Å². The van der Waals surface area contributed by atoms with Gasteiger partial charge in [-0.25, -0.2) is 0 Å². The Morgan fingerprint density at radius 2 is 1.85 bits per heavy atom. The van der Waals surface area contributed by atoms with Crippen molar-refractivity contribution >= 4 is 0 Å². The second-order valence-corrected chi connectivity index (χ2v) is 5.37. The lowest BCUT2D eigenvalue weighted by atomic mass is 9.90. The van der Waals surface area contributed by atoms with Gasteiger partial charge in [0.15, 0.2) is 0 Å². The zero-order valence-electron chi connectivity index (χ0n) is 12.4. The average Bonchev–Trinajstić information content (AvgIpc) is 2.73. The molecule has 2 rings (SSSR count). The highest BCUT2D eigenvalue weighted by Gasteiger charge is 2.27. The van der Waals surface area contributed by atoms with Crippen molar-refractivity contribution in [3.8, 4) is 0 Å². The van der Waals surface area contributed by atoms with Crippen LogP contribution in [0.2, 0.25) is 0 Å². The van der Waals surface area contributed by atoms with Crippen LogP contribution in [0.1, 0.15) is 28.9 Å². The zero-order valence-corrected chi connectivity index (χ0v) is 12.4. The minimum absolute atomic E-state index is 0.204. The molecule has 0 spiro atoms. The molecule has 1 aromatic heterocycles. The summed E-state index contributed by atoms with van der Waals surface area (Å²) >= 11 is 0. The molecule has 0 radical (unpaired) electrons. The number of nitrogens with zero attached hydrogens (tertiary/aromatic N) is 2. The van der Waals surface area contributed by atoms with Gasteiger partial charge in [0.2, 0.25) is 0 Å². The Morgan fingerprint density at radius 1 is 1.20 bits per heavy atom. The Labute approximate surface area is 120 Å². The number of hydrogen-bond acceptors (Lipinski definition) is 3. The van der Waals surface area contributed by atoms with Crippen LogP contribution in [0, 0.1) is 20.8 Å². The molecular formula is C16H23N3O. The van der Waals surface area contributed by atoms with Crippen molar-refractivity contribution in [1.82, 2.24) is 9.78 Å². The van der Waals surface area contributed by atoms with E-state index in [0.717, 1.165) is 17.0 Å². The lowest BCUT2D eigenvalue weighted by molar-refractivity contribution is 0.0311. The van der Waals surface area contributed by atoms with Gasteiger partial charge in [-0.1, -0.05) is 30.3 Å². The van der Waals surface area contributed by atoms with E-state index in [1.807, 2.05) is 41.9 Å². The molecule has 0 fully saturated rings. The normalized spacial score (nSPS) is 14.2. The van der Waals surface area contributed by atoms with Crippen LogP contribution in [0.3, 0.4) is 0 Å². The van der Waals surface area contributed by atoms with Gasteiger partial charge < -0.3 is 10.8 Å². The van der Waals surface area contributed by atoms with E-state index in [1.54, 1.807) is 0 Å². The van der Waals surface area contributed by atoms with E-state index in [0.29, 0.717) is 13.0 Å². The molecule has 0 saturated carbocycles. The van der Waals surface area contributed by atoms with Gasteiger partial charge in [-0.05, 0) is 31.9 Å². The van der Waals surface area contributed by atoms with E-state index in [4.69, 9.17) is 5.73 Å². The third-order valence-corrected chi connectivity index (χ3v) is 4.13. The van der Waals surface area contributed by atoms with Gasteiger partial charge in [0, 0.05) is 25.2 Å². The molecule has 3 N–H and O–H groups in total. The average molecular weight is 273 g/mol. The Kier molecular flexibility index (Phi) is 4.26. The first-order valence-corrected chi connectivity index (χ1v) is 6.96. The third-order valence-electron chi connectivity index (χ3n) is 4.13. The topological polar surface area (TPSA) is 64.1 Å². The predicted molar refractivity (Wildman–Crippen MR) is 80.4 cm³/mol. The fourth-order valence-corrected chi connectivity index (χ4v) is 2.41. The van der Waals surface area contributed by atoms with E-state index in [9.17, 15) is 5.11 Å². The van der Waals surface area contributed by atoms with Gasteiger partial charge in [-0.15, -0.1) is 0 Å². The molecule has 4 heteroatoms. The Morgan fingerprint density at radius 3 is 2.35 bits per heavy atom. The Balaban J connectivity index is 2.17. The number of aromatic nitrogens is 2. The standard InChI is InChI=1S/C16H23N3O/c1-12-13(2)18-19(14(12)3)10-9-16(20,11-17)15-7-5-4-6-8-15/h4-8,20H,9-11,17H2,1-3H3. The van der Waals surface area contributed by atoms with Crippen molar-refractivity contribution < 1.29 is 5.11 Å². The third kappa shape index (κ3) is 2.76. The van der Waals surface area contributed by atoms with Crippen molar-refractivity contribution in [2.75, 3.05) is 6.54 Å². The highest BCUT2D eigenvalue weighted by atomic mass is 16.3. The minimum atomic E-state index is -0.999. The maximum Gasteiger partial charge on any atom is 0.104 e. The lowest BCUT2D eigenvalue weighted by Crippen LogP contribution is -2.36. The fraction of sp³-hybridized carbons (Fsp3) is 0.438. The fourth-order valence-electron chi connectivity index (χ4n) is 2.41. The van der Waals surface area contributed by atoms with Gasteiger partial charge >= 0.3 is 0 Å². The summed E-state index contributed by atoms with van der Waals surface area (Å²) in [5.74, 6) is 0. The van der Waals surface area contributed by atoms with Crippen LogP contribution in [0.25, 0.3) is 0 Å². The first-order chi connectivity index (χ1) is 9.48. The van der Waals surface area contributed by atoms with Crippen molar-refractivity contribution in [3.63, 3.8) is 0 Å². The maximum absolute atomic E-state index is 10.8. The molecule has 1 heterocycles. The van der Waals surface area contributed by atoms with E-state index in [2.05, 4.69) is 18.9 Å². The van der Waals surface area contributed by atoms with Crippen molar-refractivity contribution in [2.45, 2.75) is 39.3 Å². The van der Waals surface area contributed by atoms with E-state index in [-0.39, 0.29) is 6.54 Å². The zero-order chi connectivity index (χ0) is 14.8. The number of nitrogens with two attached hydrogens (primary N) is 1. The van der Waals surface area contributed by atoms with Crippen LogP contribution in [0.4, 0.5) is 0 Å². The molecule has 1 unspecified atom stereocenters. The first-order valence-electron chi connectivity index (χ1n) is 6.96. The maximum atomic E-state index is 10.8. The highest BCUT2D eigenvalue weighted by Crippen LogP contribution is 2.25. The predicted octanol–water partition coefficient (Wildman–Crippen LogP) is 2.04. The van der Waals surface area contributed by atoms with Gasteiger partial charge in [0.05, 0.1) is 5.69 Å². The largest absolute Gasteiger partial charge is 0.384 e. The number of aliphatic hydroxyl groups is 1. The lowest BCUT2D eigenvalue weighted by Gasteiger charge is -2.27. The monoisotopic (exact) mass is 273 g/mol. The van der Waals surface area contributed by atoms with Gasteiger partial charge in [-0.2, -0.15) is 5.10 Å². The summed E-state index contributed by atoms with van der Waals surface area (Å²) in [6.45, 7) is 6.99. The van der Waals surface area contributed by atoms with Crippen LogP contribution < -0.4 is 5.73 Å². The van der Waals surface area contributed by atoms with Crippen molar-refractivity contribution in [2.24, 2.45) is 5.73 Å². The molecule has 2 aromatic rings. The molecule has 108 valence electrons. The highest BCUT2D eigenvalue weighted by molar-refractivity contribution is 5.24. The SMILES string of the molecule is Cc1nn(CCC(O)(CN)c2ccccc2)c(C)c1C. The van der Waals surface area contributed by atoms with E-state index < -0.39 is 5.60 Å². The summed E-state index contributed by atoms with van der Waals surface area (Å²) < 4.78 is 1.95. The second kappa shape index (κ2) is 5.77. The van der Waals surface area contributed by atoms with Crippen LogP contribution in [-0.4, -0.2) is 21.4 Å². The molecule has 20 heavy (non-hydrogen) atoms. The quantitative estimate of drug-likeness (QED) is 0.876. The van der Waals surface area contributed by atoms with E-state index >= 15 is 0 Å². The number of aryl methyl sites for hydroxylation is 2. The van der Waals surface area contributed by atoms with Gasteiger partial charge in [0.25, 0.3) is 0 Å². The summed E-state index contributed by atoms with van der Waals surface area (Å²) in [4.78, 5) is 0. The summed E-state index contributed by atoms with van der Waals surface area (Å²) in [7, 11) is 0. The number of rotatable bonds is 5. The summed E-state index contributed by atoms with van der Waals surface area (Å²) in [5.41, 5.74) is 9.06.